The van der Waals surface area contributed by atoms with Gasteiger partial charge < -0.3 is 19.5 Å². The fourth-order valence-corrected chi connectivity index (χ4v) is 4.20. The number of carbonyl (C=O) groups excluding carboxylic acids is 3. The van der Waals surface area contributed by atoms with Gasteiger partial charge in [-0.05, 0) is 37.3 Å². The Morgan fingerprint density at radius 1 is 1.23 bits per heavy atom. The first-order chi connectivity index (χ1) is 18.6. The van der Waals surface area contributed by atoms with Crippen molar-refractivity contribution in [2.75, 3.05) is 21.2 Å². The van der Waals surface area contributed by atoms with E-state index in [1.807, 2.05) is 0 Å². The third-order valence-corrected chi connectivity index (χ3v) is 6.22. The molecule has 1 aliphatic rings. The number of allylic oxidation sites excluding steroid dienone is 1. The number of nitrogens with zero attached hydrogens (tertiary/aromatic N) is 5. The van der Waals surface area contributed by atoms with Crippen LogP contribution in [0.3, 0.4) is 0 Å². The van der Waals surface area contributed by atoms with E-state index in [0.717, 1.165) is 29.2 Å². The van der Waals surface area contributed by atoms with E-state index >= 15 is 0 Å². The molecule has 3 rings (SSSR count). The standard InChI is InChI=1S/C28H36N6O5/c1-18(2)13-22-26-23(30-17-29-22)15-20(31-26)16-34-12-8-9-19(27(34)37)14-24(35)21(32-28(38)39-5)10-6-7-11-25(36)33(3)4/h7-9,11-12,17-18,21H,6,10,13-16H2,1-5H3,(H,32,38)/b11-7+/t21-/m0/s1. The largest absolute Gasteiger partial charge is 0.453 e. The number of aromatic nitrogens is 3. The van der Waals surface area contributed by atoms with Crippen LogP contribution in [0.25, 0.3) is 0 Å². The maximum Gasteiger partial charge on any atom is 0.407 e. The highest BCUT2D eigenvalue weighted by Gasteiger charge is 2.24. The first-order valence-electron chi connectivity index (χ1n) is 12.9. The second kappa shape index (κ2) is 13.6. The minimum atomic E-state index is -0.878. The summed E-state index contributed by atoms with van der Waals surface area (Å²) in [6.45, 7) is 4.51. The van der Waals surface area contributed by atoms with Crippen LogP contribution in [0.1, 0.15) is 43.6 Å². The average molecular weight is 537 g/mol. The molecule has 0 radical (unpaired) electrons. The molecular formula is C28H36N6O5. The molecule has 0 bridgehead atoms. The molecule has 2 aromatic heterocycles. The Kier molecular flexibility index (Phi) is 10.2. The van der Waals surface area contributed by atoms with Gasteiger partial charge in [0.15, 0.2) is 5.78 Å². The van der Waals surface area contributed by atoms with Crippen LogP contribution in [0, 0.1) is 5.92 Å². The lowest BCUT2D eigenvalue weighted by Crippen LogP contribution is -2.42. The Morgan fingerprint density at radius 2 is 2.00 bits per heavy atom. The summed E-state index contributed by atoms with van der Waals surface area (Å²) in [5.41, 5.74) is 3.36. The Hall–Kier alpha value is -4.15. The maximum atomic E-state index is 13.2. The third kappa shape index (κ3) is 8.17. The number of pyridine rings is 1. The molecule has 0 spiro atoms. The number of hydrogen-bond donors (Lipinski definition) is 1. The number of aliphatic imine (C=N–C) groups is 1. The zero-order valence-corrected chi connectivity index (χ0v) is 23.1. The summed E-state index contributed by atoms with van der Waals surface area (Å²) in [7, 11) is 4.49. The van der Waals surface area contributed by atoms with Crippen molar-refractivity contribution < 1.29 is 19.1 Å². The van der Waals surface area contributed by atoms with Gasteiger partial charge in [0.2, 0.25) is 5.91 Å². The lowest BCUT2D eigenvalue weighted by atomic mass is 10.0. The SMILES string of the molecule is COC(=O)N[C@@H](CC/C=C/C(=O)N(C)C)C(=O)Cc1cccn(CC2=Nc3c(ncnc3CC(C)C)C2)c1=O. The molecule has 2 aromatic rings. The zero-order valence-electron chi connectivity index (χ0n) is 23.1. The highest BCUT2D eigenvalue weighted by molar-refractivity contribution is 5.93. The van der Waals surface area contributed by atoms with Crippen molar-refractivity contribution in [1.29, 1.82) is 0 Å². The van der Waals surface area contributed by atoms with Crippen molar-refractivity contribution in [2.24, 2.45) is 10.9 Å². The van der Waals surface area contributed by atoms with Gasteiger partial charge in [0.05, 0.1) is 31.1 Å². The highest BCUT2D eigenvalue weighted by Crippen LogP contribution is 2.29. The molecule has 0 unspecified atom stereocenters. The molecule has 0 saturated carbocycles. The molecule has 0 aliphatic carbocycles. The van der Waals surface area contributed by atoms with Gasteiger partial charge in [-0.1, -0.05) is 26.0 Å². The average Bonchev–Trinajstić information content (AvgIpc) is 3.31. The van der Waals surface area contributed by atoms with Crippen LogP contribution in [0.4, 0.5) is 10.5 Å². The van der Waals surface area contributed by atoms with Crippen molar-refractivity contribution in [2.45, 2.75) is 58.5 Å². The number of hydrogen-bond acceptors (Lipinski definition) is 8. The Labute approximate surface area is 228 Å². The van der Waals surface area contributed by atoms with E-state index in [1.165, 1.54) is 22.7 Å². The summed E-state index contributed by atoms with van der Waals surface area (Å²) in [5, 5.41) is 2.54. The van der Waals surface area contributed by atoms with E-state index < -0.39 is 12.1 Å². The number of methoxy groups -OCH3 is 1. The number of likely N-dealkylation sites (N-methyl/N-ethyl adjacent to an activating group) is 1. The summed E-state index contributed by atoms with van der Waals surface area (Å²) in [6, 6.07) is 2.45. The molecule has 0 saturated heterocycles. The van der Waals surface area contributed by atoms with Crippen molar-refractivity contribution in [3.05, 3.63) is 64.1 Å². The van der Waals surface area contributed by atoms with Gasteiger partial charge in [0, 0.05) is 44.4 Å². The minimum absolute atomic E-state index is 0.161. The summed E-state index contributed by atoms with van der Waals surface area (Å²) in [6.07, 6.45) is 7.33. The fourth-order valence-electron chi connectivity index (χ4n) is 4.20. The second-order valence-corrected chi connectivity index (χ2v) is 10.1. The van der Waals surface area contributed by atoms with Crippen LogP contribution in [-0.4, -0.2) is 70.2 Å². The molecule has 11 nitrogen and oxygen atoms in total. The topological polar surface area (TPSA) is 136 Å². The van der Waals surface area contributed by atoms with E-state index in [0.29, 0.717) is 24.3 Å². The number of fused-ring (bicyclic) bond motifs is 1. The van der Waals surface area contributed by atoms with Gasteiger partial charge >= 0.3 is 6.09 Å². The van der Waals surface area contributed by atoms with Crippen LogP contribution in [0.5, 0.6) is 0 Å². The fraction of sp³-hybridized carbons (Fsp3) is 0.464. The summed E-state index contributed by atoms with van der Waals surface area (Å²) in [5.74, 6) is -0.0854. The van der Waals surface area contributed by atoms with Crippen molar-refractivity contribution in [3.63, 3.8) is 0 Å². The van der Waals surface area contributed by atoms with Crippen LogP contribution in [-0.2, 0) is 40.1 Å². The molecule has 11 heteroatoms. The van der Waals surface area contributed by atoms with E-state index in [-0.39, 0.29) is 36.6 Å². The van der Waals surface area contributed by atoms with Gasteiger partial charge in [-0.3, -0.25) is 19.4 Å². The molecule has 1 aliphatic heterocycles. The van der Waals surface area contributed by atoms with Crippen LogP contribution in [0.15, 0.2) is 46.6 Å². The van der Waals surface area contributed by atoms with Gasteiger partial charge in [-0.15, -0.1) is 0 Å². The molecule has 0 aromatic carbocycles. The molecule has 208 valence electrons. The lowest BCUT2D eigenvalue weighted by Gasteiger charge is -2.16. The molecule has 3 heterocycles. The number of nitrogens with one attached hydrogen (secondary N) is 1. The molecule has 0 fully saturated rings. The predicted molar refractivity (Wildman–Crippen MR) is 147 cm³/mol. The van der Waals surface area contributed by atoms with Gasteiger partial charge in [-0.25, -0.2) is 14.8 Å². The van der Waals surface area contributed by atoms with E-state index in [2.05, 4.69) is 33.9 Å². The number of rotatable bonds is 12. The first kappa shape index (κ1) is 29.4. The van der Waals surface area contributed by atoms with Crippen molar-refractivity contribution in [1.82, 2.24) is 24.8 Å². The van der Waals surface area contributed by atoms with E-state index in [4.69, 9.17) is 4.99 Å². The number of alkyl carbamates (subject to hydrolysis) is 1. The first-order valence-corrected chi connectivity index (χ1v) is 12.9. The number of ketones is 1. The zero-order chi connectivity index (χ0) is 28.5. The maximum absolute atomic E-state index is 13.2. The molecular weight excluding hydrogens is 500 g/mol. The Bertz CT molecular complexity index is 1330. The lowest BCUT2D eigenvalue weighted by molar-refractivity contribution is -0.123. The van der Waals surface area contributed by atoms with Crippen LogP contribution in [0.2, 0.25) is 0 Å². The Balaban J connectivity index is 1.72. The Morgan fingerprint density at radius 3 is 2.69 bits per heavy atom. The molecule has 1 atom stereocenters. The van der Waals surface area contributed by atoms with E-state index in [1.54, 1.807) is 44.8 Å². The van der Waals surface area contributed by atoms with Crippen molar-refractivity contribution >= 4 is 29.2 Å². The number of amides is 2. The van der Waals surface area contributed by atoms with Gasteiger partial charge in [0.25, 0.3) is 5.56 Å². The summed E-state index contributed by atoms with van der Waals surface area (Å²) >= 11 is 0. The normalized spacial score (nSPS) is 13.2. The van der Waals surface area contributed by atoms with Gasteiger partial charge in [-0.2, -0.15) is 0 Å². The van der Waals surface area contributed by atoms with Crippen molar-refractivity contribution in [3.8, 4) is 0 Å². The second-order valence-electron chi connectivity index (χ2n) is 10.1. The van der Waals surface area contributed by atoms with Crippen LogP contribution < -0.4 is 10.9 Å². The minimum Gasteiger partial charge on any atom is -0.453 e. The number of ether oxygens (including phenoxy) is 1. The quantitative estimate of drug-likeness (QED) is 0.412. The van der Waals surface area contributed by atoms with Gasteiger partial charge in [0.1, 0.15) is 12.0 Å². The molecule has 1 N–H and O–H groups in total. The smallest absolute Gasteiger partial charge is 0.407 e. The summed E-state index contributed by atoms with van der Waals surface area (Å²) in [4.78, 5) is 64.9. The third-order valence-electron chi connectivity index (χ3n) is 6.22. The monoisotopic (exact) mass is 536 g/mol. The molecule has 2 amide bonds. The van der Waals surface area contributed by atoms with E-state index in [9.17, 15) is 19.2 Å². The summed E-state index contributed by atoms with van der Waals surface area (Å²) < 4.78 is 6.19. The number of Topliss-reactive ketones (excluding diaryl/α,β-unsaturated/α-hetero) is 1. The van der Waals surface area contributed by atoms with Crippen LogP contribution >= 0.6 is 0 Å². The highest BCUT2D eigenvalue weighted by atomic mass is 16.5. The predicted octanol–water partition coefficient (Wildman–Crippen LogP) is 2.43. The molecule has 39 heavy (non-hydrogen) atoms. The number of carbonyl (C=O) groups is 3.